The molecule has 0 aliphatic heterocycles. The van der Waals surface area contributed by atoms with Crippen molar-refractivity contribution >= 4 is 5.91 Å². The number of amides is 1. The molecule has 2 aromatic heterocycles. The first-order valence-corrected chi connectivity index (χ1v) is 8.48. The van der Waals surface area contributed by atoms with Crippen LogP contribution in [0.4, 0.5) is 0 Å². The van der Waals surface area contributed by atoms with Gasteiger partial charge in [-0.1, -0.05) is 25.5 Å². The molecule has 0 aliphatic carbocycles. The zero-order valence-electron chi connectivity index (χ0n) is 14.3. The van der Waals surface area contributed by atoms with Gasteiger partial charge in [0.15, 0.2) is 0 Å². The van der Waals surface area contributed by atoms with E-state index >= 15 is 0 Å². The molecule has 0 unspecified atom stereocenters. The van der Waals surface area contributed by atoms with Crippen molar-refractivity contribution in [1.29, 1.82) is 0 Å². The molecule has 2 heterocycles. The summed E-state index contributed by atoms with van der Waals surface area (Å²) in [6.45, 7) is 2.61. The third kappa shape index (κ3) is 4.51. The molecule has 0 spiro atoms. The maximum Gasteiger partial charge on any atom is 0.251 e. The van der Waals surface area contributed by atoms with Crippen molar-refractivity contribution in [2.75, 3.05) is 0 Å². The Bertz CT molecular complexity index is 829. The van der Waals surface area contributed by atoms with Gasteiger partial charge in [0.1, 0.15) is 0 Å². The van der Waals surface area contributed by atoms with Crippen LogP contribution in [0.1, 0.15) is 34.8 Å². The number of hydrogen-bond acceptors (Lipinski definition) is 3. The molecular weight excluding hydrogens is 310 g/mol. The largest absolute Gasteiger partial charge is 0.348 e. The lowest BCUT2D eigenvalue weighted by molar-refractivity contribution is 0.0951. The number of aromatic nitrogens is 2. The highest BCUT2D eigenvalue weighted by atomic mass is 16.1. The second-order valence-electron chi connectivity index (χ2n) is 5.92. The van der Waals surface area contributed by atoms with Crippen molar-refractivity contribution in [1.82, 2.24) is 15.3 Å². The van der Waals surface area contributed by atoms with Gasteiger partial charge in [-0.25, -0.2) is 0 Å². The topological polar surface area (TPSA) is 54.9 Å². The number of benzene rings is 1. The van der Waals surface area contributed by atoms with Crippen molar-refractivity contribution in [3.63, 3.8) is 0 Å². The summed E-state index contributed by atoms with van der Waals surface area (Å²) < 4.78 is 0. The minimum absolute atomic E-state index is 0.0669. The van der Waals surface area contributed by atoms with Crippen LogP contribution in [-0.2, 0) is 13.0 Å². The number of hydrogen-bond donors (Lipinski definition) is 1. The highest BCUT2D eigenvalue weighted by molar-refractivity contribution is 5.94. The van der Waals surface area contributed by atoms with E-state index in [1.807, 2.05) is 48.5 Å². The monoisotopic (exact) mass is 331 g/mol. The zero-order chi connectivity index (χ0) is 17.5. The summed E-state index contributed by atoms with van der Waals surface area (Å²) in [6.07, 6.45) is 7.41. The first-order chi connectivity index (χ1) is 12.3. The van der Waals surface area contributed by atoms with Gasteiger partial charge in [0, 0.05) is 36.3 Å². The Morgan fingerprint density at radius 1 is 1.04 bits per heavy atom. The van der Waals surface area contributed by atoms with E-state index in [0.29, 0.717) is 12.1 Å². The molecule has 4 heteroatoms. The molecule has 0 atom stereocenters. The van der Waals surface area contributed by atoms with Gasteiger partial charge in [-0.3, -0.25) is 14.8 Å². The first kappa shape index (κ1) is 16.8. The molecule has 25 heavy (non-hydrogen) atoms. The predicted octanol–water partition coefficient (Wildman–Crippen LogP) is 4.03. The van der Waals surface area contributed by atoms with Gasteiger partial charge < -0.3 is 5.32 Å². The summed E-state index contributed by atoms with van der Waals surface area (Å²) in [6, 6.07) is 15.5. The standard InChI is InChI=1S/C21H21N3O/c1-2-4-16-6-8-18(9-7-16)21(25)24-14-17-10-12-23-20(13-17)19-5-3-11-22-15-19/h3,5-13,15H,2,4,14H2,1H3,(H,24,25). The van der Waals surface area contributed by atoms with Gasteiger partial charge in [0.2, 0.25) is 0 Å². The molecule has 1 amide bonds. The number of aryl methyl sites for hydroxylation is 1. The van der Waals surface area contributed by atoms with E-state index in [1.54, 1.807) is 18.6 Å². The SMILES string of the molecule is CCCc1ccc(C(=O)NCc2ccnc(-c3cccnc3)c2)cc1. The van der Waals surface area contributed by atoms with Gasteiger partial charge in [-0.2, -0.15) is 0 Å². The van der Waals surface area contributed by atoms with Gasteiger partial charge >= 0.3 is 0 Å². The summed E-state index contributed by atoms with van der Waals surface area (Å²) in [4.78, 5) is 20.8. The Kier molecular flexibility index (Phi) is 5.52. The van der Waals surface area contributed by atoms with Gasteiger partial charge in [0.25, 0.3) is 5.91 Å². The summed E-state index contributed by atoms with van der Waals surface area (Å²) in [5, 5.41) is 2.96. The number of pyridine rings is 2. The fourth-order valence-corrected chi connectivity index (χ4v) is 2.65. The Balaban J connectivity index is 1.64. The smallest absolute Gasteiger partial charge is 0.251 e. The molecule has 0 saturated heterocycles. The number of nitrogens with one attached hydrogen (secondary N) is 1. The molecule has 0 radical (unpaired) electrons. The fraction of sp³-hybridized carbons (Fsp3) is 0.190. The highest BCUT2D eigenvalue weighted by Crippen LogP contribution is 2.16. The average molecular weight is 331 g/mol. The van der Waals surface area contributed by atoms with E-state index in [2.05, 4.69) is 22.2 Å². The van der Waals surface area contributed by atoms with Crippen molar-refractivity contribution < 1.29 is 4.79 Å². The van der Waals surface area contributed by atoms with Crippen LogP contribution in [0.5, 0.6) is 0 Å². The van der Waals surface area contributed by atoms with E-state index in [0.717, 1.165) is 29.7 Å². The normalized spacial score (nSPS) is 10.4. The van der Waals surface area contributed by atoms with Crippen LogP contribution in [0.25, 0.3) is 11.3 Å². The van der Waals surface area contributed by atoms with Crippen LogP contribution < -0.4 is 5.32 Å². The minimum Gasteiger partial charge on any atom is -0.348 e. The molecule has 0 saturated carbocycles. The molecule has 3 rings (SSSR count). The summed E-state index contributed by atoms with van der Waals surface area (Å²) >= 11 is 0. The van der Waals surface area contributed by atoms with Gasteiger partial charge in [-0.05, 0) is 53.9 Å². The van der Waals surface area contributed by atoms with Gasteiger partial charge in [0.05, 0.1) is 5.69 Å². The van der Waals surface area contributed by atoms with Crippen molar-refractivity contribution in [2.24, 2.45) is 0 Å². The lowest BCUT2D eigenvalue weighted by atomic mass is 10.1. The summed E-state index contributed by atoms with van der Waals surface area (Å²) in [5.74, 6) is -0.0669. The number of nitrogens with zero attached hydrogens (tertiary/aromatic N) is 2. The Hall–Kier alpha value is -3.01. The fourth-order valence-electron chi connectivity index (χ4n) is 2.65. The summed E-state index contributed by atoms with van der Waals surface area (Å²) in [7, 11) is 0. The molecule has 0 bridgehead atoms. The van der Waals surface area contributed by atoms with Crippen molar-refractivity contribution in [2.45, 2.75) is 26.3 Å². The molecule has 1 aromatic carbocycles. The molecular formula is C21H21N3O. The Morgan fingerprint density at radius 3 is 2.60 bits per heavy atom. The van der Waals surface area contributed by atoms with Crippen LogP contribution in [-0.4, -0.2) is 15.9 Å². The maximum atomic E-state index is 12.3. The summed E-state index contributed by atoms with van der Waals surface area (Å²) in [5.41, 5.74) is 4.76. The minimum atomic E-state index is -0.0669. The number of carbonyl (C=O) groups is 1. The van der Waals surface area contributed by atoms with E-state index in [1.165, 1.54) is 5.56 Å². The molecule has 4 nitrogen and oxygen atoms in total. The quantitative estimate of drug-likeness (QED) is 0.742. The number of carbonyl (C=O) groups excluding carboxylic acids is 1. The van der Waals surface area contributed by atoms with E-state index in [4.69, 9.17) is 0 Å². The zero-order valence-corrected chi connectivity index (χ0v) is 14.3. The molecule has 126 valence electrons. The second-order valence-corrected chi connectivity index (χ2v) is 5.92. The Morgan fingerprint density at radius 2 is 1.88 bits per heavy atom. The third-order valence-electron chi connectivity index (χ3n) is 3.99. The van der Waals surface area contributed by atoms with Crippen LogP contribution in [0, 0.1) is 0 Å². The van der Waals surface area contributed by atoms with Gasteiger partial charge in [-0.15, -0.1) is 0 Å². The highest BCUT2D eigenvalue weighted by Gasteiger charge is 2.06. The average Bonchev–Trinajstić information content (AvgIpc) is 2.68. The first-order valence-electron chi connectivity index (χ1n) is 8.48. The lowest BCUT2D eigenvalue weighted by Gasteiger charge is -2.08. The van der Waals surface area contributed by atoms with Crippen LogP contribution in [0.2, 0.25) is 0 Å². The van der Waals surface area contributed by atoms with Crippen molar-refractivity contribution in [3.05, 3.63) is 83.8 Å². The van der Waals surface area contributed by atoms with Crippen molar-refractivity contribution in [3.8, 4) is 11.3 Å². The molecule has 3 aromatic rings. The van der Waals surface area contributed by atoms with E-state index in [9.17, 15) is 4.79 Å². The maximum absolute atomic E-state index is 12.3. The lowest BCUT2D eigenvalue weighted by Crippen LogP contribution is -2.22. The number of rotatable bonds is 6. The third-order valence-corrected chi connectivity index (χ3v) is 3.99. The molecule has 0 aliphatic rings. The predicted molar refractivity (Wildman–Crippen MR) is 99.1 cm³/mol. The molecule has 0 fully saturated rings. The van der Waals surface area contributed by atoms with E-state index < -0.39 is 0 Å². The Labute approximate surface area is 148 Å². The second kappa shape index (κ2) is 8.20. The van der Waals surface area contributed by atoms with Crippen LogP contribution in [0.3, 0.4) is 0 Å². The molecule has 1 N–H and O–H groups in total. The van der Waals surface area contributed by atoms with E-state index in [-0.39, 0.29) is 5.91 Å². The van der Waals surface area contributed by atoms with Crippen LogP contribution >= 0.6 is 0 Å². The van der Waals surface area contributed by atoms with Crippen LogP contribution in [0.15, 0.2) is 67.1 Å².